The van der Waals surface area contributed by atoms with E-state index in [2.05, 4.69) is 38.2 Å². The molecule has 50 valence electrons. The monoisotopic (exact) mass is 122 g/mol. The molecule has 0 spiro atoms. The van der Waals surface area contributed by atoms with Crippen LogP contribution >= 0.6 is 0 Å². The van der Waals surface area contributed by atoms with E-state index in [9.17, 15) is 0 Å². The molecule has 0 aromatic carbocycles. The van der Waals surface area contributed by atoms with Crippen molar-refractivity contribution in [2.24, 2.45) is 11.8 Å². The molecule has 0 saturated carbocycles. The topological polar surface area (TPSA) is 0 Å². The highest BCUT2D eigenvalue weighted by molar-refractivity contribution is 5.13. The van der Waals surface area contributed by atoms with E-state index in [0.717, 1.165) is 11.8 Å². The number of hydrogen-bond acceptors (Lipinski definition) is 0. The minimum atomic E-state index is 0.750. The van der Waals surface area contributed by atoms with E-state index in [1.54, 1.807) is 0 Å². The van der Waals surface area contributed by atoms with E-state index in [4.69, 9.17) is 0 Å². The van der Waals surface area contributed by atoms with Crippen LogP contribution in [0.25, 0.3) is 0 Å². The van der Waals surface area contributed by atoms with Crippen molar-refractivity contribution in [1.82, 2.24) is 0 Å². The Balaban J connectivity index is 2.55. The summed E-state index contributed by atoms with van der Waals surface area (Å²) in [5.74, 6) is 1.54. The Kier molecular flexibility index (Phi) is 2.10. The van der Waals surface area contributed by atoms with Gasteiger partial charge in [0.15, 0.2) is 0 Å². The SMILES string of the molecule is CCC1C=CC=CC1C. The van der Waals surface area contributed by atoms with Gasteiger partial charge in [-0.2, -0.15) is 0 Å². The third-order valence-electron chi connectivity index (χ3n) is 2.03. The van der Waals surface area contributed by atoms with Crippen LogP contribution in [0.5, 0.6) is 0 Å². The number of rotatable bonds is 1. The summed E-state index contributed by atoms with van der Waals surface area (Å²) in [5, 5.41) is 0. The molecule has 0 saturated heterocycles. The van der Waals surface area contributed by atoms with Gasteiger partial charge in [0.2, 0.25) is 0 Å². The minimum Gasteiger partial charge on any atom is -0.0811 e. The molecule has 0 aromatic heterocycles. The van der Waals surface area contributed by atoms with Gasteiger partial charge < -0.3 is 0 Å². The molecular weight excluding hydrogens is 108 g/mol. The van der Waals surface area contributed by atoms with Crippen molar-refractivity contribution in [3.05, 3.63) is 24.3 Å². The van der Waals surface area contributed by atoms with Gasteiger partial charge >= 0.3 is 0 Å². The van der Waals surface area contributed by atoms with Crippen LogP contribution in [0.1, 0.15) is 20.3 Å². The number of allylic oxidation sites excluding steroid dienone is 4. The molecule has 9 heavy (non-hydrogen) atoms. The first kappa shape index (κ1) is 6.60. The van der Waals surface area contributed by atoms with Gasteiger partial charge in [-0.15, -0.1) is 0 Å². The molecule has 1 aliphatic rings. The maximum Gasteiger partial charge on any atom is -0.0173 e. The van der Waals surface area contributed by atoms with Crippen LogP contribution in [0.2, 0.25) is 0 Å². The van der Waals surface area contributed by atoms with Crippen molar-refractivity contribution in [2.75, 3.05) is 0 Å². The Bertz CT molecular complexity index is 131. The van der Waals surface area contributed by atoms with Gasteiger partial charge in [-0.1, -0.05) is 38.2 Å². The van der Waals surface area contributed by atoms with Gasteiger partial charge in [0, 0.05) is 0 Å². The first-order valence-corrected chi connectivity index (χ1v) is 3.69. The van der Waals surface area contributed by atoms with Gasteiger partial charge in [0.05, 0.1) is 0 Å². The van der Waals surface area contributed by atoms with Gasteiger partial charge in [-0.05, 0) is 18.3 Å². The zero-order valence-electron chi connectivity index (χ0n) is 6.17. The molecule has 1 rings (SSSR count). The molecule has 0 aliphatic heterocycles. The lowest BCUT2D eigenvalue weighted by molar-refractivity contribution is 0.492. The van der Waals surface area contributed by atoms with Crippen LogP contribution in [0, 0.1) is 11.8 Å². The molecule has 0 amide bonds. The van der Waals surface area contributed by atoms with Crippen molar-refractivity contribution >= 4 is 0 Å². The van der Waals surface area contributed by atoms with Crippen LogP contribution in [0.4, 0.5) is 0 Å². The molecule has 0 aromatic rings. The second-order valence-electron chi connectivity index (χ2n) is 2.70. The smallest absolute Gasteiger partial charge is 0.0173 e. The molecule has 2 unspecified atom stereocenters. The fourth-order valence-electron chi connectivity index (χ4n) is 1.27. The second kappa shape index (κ2) is 2.86. The molecule has 0 heterocycles. The number of hydrogen-bond donors (Lipinski definition) is 0. The molecular formula is C9H14. The van der Waals surface area contributed by atoms with Crippen LogP contribution < -0.4 is 0 Å². The van der Waals surface area contributed by atoms with Crippen LogP contribution in [-0.4, -0.2) is 0 Å². The lowest BCUT2D eigenvalue weighted by atomic mass is 9.88. The summed E-state index contributed by atoms with van der Waals surface area (Å²) in [4.78, 5) is 0. The Labute approximate surface area is 57.3 Å². The Morgan fingerprint density at radius 1 is 1.22 bits per heavy atom. The lowest BCUT2D eigenvalue weighted by Crippen LogP contribution is -2.06. The Hall–Kier alpha value is -0.520. The van der Waals surface area contributed by atoms with Gasteiger partial charge in [0.1, 0.15) is 0 Å². The van der Waals surface area contributed by atoms with Crippen LogP contribution in [0.3, 0.4) is 0 Å². The maximum atomic E-state index is 2.30. The summed E-state index contributed by atoms with van der Waals surface area (Å²) in [6.45, 7) is 4.51. The van der Waals surface area contributed by atoms with E-state index in [0.29, 0.717) is 0 Å². The predicted octanol–water partition coefficient (Wildman–Crippen LogP) is 2.77. The summed E-state index contributed by atoms with van der Waals surface area (Å²) in [7, 11) is 0. The quantitative estimate of drug-likeness (QED) is 0.501. The summed E-state index contributed by atoms with van der Waals surface area (Å²) in [5.41, 5.74) is 0. The molecule has 2 atom stereocenters. The van der Waals surface area contributed by atoms with E-state index in [1.165, 1.54) is 6.42 Å². The van der Waals surface area contributed by atoms with E-state index in [-0.39, 0.29) is 0 Å². The molecule has 0 heteroatoms. The van der Waals surface area contributed by atoms with Crippen LogP contribution in [0.15, 0.2) is 24.3 Å². The molecule has 0 fully saturated rings. The summed E-state index contributed by atoms with van der Waals surface area (Å²) < 4.78 is 0. The fraction of sp³-hybridized carbons (Fsp3) is 0.556. The van der Waals surface area contributed by atoms with Crippen LogP contribution in [-0.2, 0) is 0 Å². The zero-order chi connectivity index (χ0) is 6.69. The first-order valence-electron chi connectivity index (χ1n) is 3.69. The predicted molar refractivity (Wildman–Crippen MR) is 41.2 cm³/mol. The molecule has 0 nitrogen and oxygen atoms in total. The summed E-state index contributed by atoms with van der Waals surface area (Å²) >= 11 is 0. The van der Waals surface area contributed by atoms with E-state index in [1.807, 2.05) is 0 Å². The Morgan fingerprint density at radius 3 is 2.33 bits per heavy atom. The zero-order valence-corrected chi connectivity index (χ0v) is 6.17. The Morgan fingerprint density at radius 2 is 1.89 bits per heavy atom. The highest BCUT2D eigenvalue weighted by atomic mass is 14.1. The highest BCUT2D eigenvalue weighted by Crippen LogP contribution is 2.21. The van der Waals surface area contributed by atoms with Gasteiger partial charge in [-0.3, -0.25) is 0 Å². The fourth-order valence-corrected chi connectivity index (χ4v) is 1.27. The molecule has 0 bridgehead atoms. The standard InChI is InChI=1S/C9H14/c1-3-9-7-5-4-6-8(9)2/h4-9H,3H2,1-2H3. The van der Waals surface area contributed by atoms with Crippen molar-refractivity contribution in [2.45, 2.75) is 20.3 Å². The average Bonchev–Trinajstić information content (AvgIpc) is 1.89. The normalized spacial score (nSPS) is 33.1. The van der Waals surface area contributed by atoms with Gasteiger partial charge in [0.25, 0.3) is 0 Å². The van der Waals surface area contributed by atoms with Gasteiger partial charge in [-0.25, -0.2) is 0 Å². The third-order valence-corrected chi connectivity index (χ3v) is 2.03. The van der Waals surface area contributed by atoms with Crippen molar-refractivity contribution in [3.8, 4) is 0 Å². The largest absolute Gasteiger partial charge is 0.0811 e. The summed E-state index contributed by atoms with van der Waals surface area (Å²) in [6, 6.07) is 0. The minimum absolute atomic E-state index is 0.750. The summed E-state index contributed by atoms with van der Waals surface area (Å²) in [6.07, 6.45) is 10.1. The van der Waals surface area contributed by atoms with Crippen molar-refractivity contribution in [1.29, 1.82) is 0 Å². The first-order chi connectivity index (χ1) is 4.34. The van der Waals surface area contributed by atoms with E-state index < -0.39 is 0 Å². The molecule has 0 N–H and O–H groups in total. The van der Waals surface area contributed by atoms with E-state index >= 15 is 0 Å². The second-order valence-corrected chi connectivity index (χ2v) is 2.70. The third kappa shape index (κ3) is 1.44. The maximum absolute atomic E-state index is 2.30. The molecule has 0 radical (unpaired) electrons. The highest BCUT2D eigenvalue weighted by Gasteiger charge is 2.09. The van der Waals surface area contributed by atoms with Crippen molar-refractivity contribution in [3.63, 3.8) is 0 Å². The average molecular weight is 122 g/mol. The van der Waals surface area contributed by atoms with Crippen molar-refractivity contribution < 1.29 is 0 Å². The molecule has 1 aliphatic carbocycles. The lowest BCUT2D eigenvalue weighted by Gasteiger charge is -2.17.